The summed E-state index contributed by atoms with van der Waals surface area (Å²) in [6.07, 6.45) is 9.45. The molecule has 15 heteroatoms. The molecule has 2 N–H and O–H groups in total. The summed E-state index contributed by atoms with van der Waals surface area (Å²) in [4.78, 5) is 69.7. The minimum absolute atomic E-state index is 0.00462. The van der Waals surface area contributed by atoms with Crippen LogP contribution in [0.3, 0.4) is 0 Å². The molecule has 14 nitrogen and oxygen atoms in total. The number of halogens is 1. The Morgan fingerprint density at radius 3 is 2.53 bits per heavy atom. The van der Waals surface area contributed by atoms with Crippen molar-refractivity contribution in [3.05, 3.63) is 79.8 Å². The number of aliphatic hydroxyl groups is 2. The summed E-state index contributed by atoms with van der Waals surface area (Å²) < 4.78 is 39.8. The molecule has 5 fully saturated rings. The number of carbonyl (C=O) groups excluding carboxylic acids is 3. The molecular weight excluding hydrogens is 778 g/mol. The lowest BCUT2D eigenvalue weighted by atomic mass is 9.46. The van der Waals surface area contributed by atoms with Crippen molar-refractivity contribution >= 4 is 34.1 Å². The smallest absolute Gasteiger partial charge is 0.492 e. The zero-order chi connectivity index (χ0) is 42.6. The van der Waals surface area contributed by atoms with Gasteiger partial charge in [0.25, 0.3) is 0 Å². The minimum Gasteiger partial charge on any atom is -0.492 e. The molecule has 0 amide bonds. The van der Waals surface area contributed by atoms with Crippen molar-refractivity contribution in [2.45, 2.75) is 103 Å². The Kier molecular flexibility index (Phi) is 9.71. The number of hydrogen-bond donors (Lipinski definition) is 2. The van der Waals surface area contributed by atoms with Crippen LogP contribution in [0.15, 0.2) is 54.5 Å². The Hall–Kier alpha value is -4.86. The number of aromatic nitrogens is 1. The maximum Gasteiger partial charge on any atom is 0.519 e. The lowest BCUT2D eigenvalue weighted by Crippen LogP contribution is -2.61. The van der Waals surface area contributed by atoms with Crippen LogP contribution < -0.4 is 20.9 Å². The van der Waals surface area contributed by atoms with Gasteiger partial charge in [-0.1, -0.05) is 25.5 Å². The summed E-state index contributed by atoms with van der Waals surface area (Å²) in [7, 11) is 1.42. The fourth-order valence-corrected chi connectivity index (χ4v) is 12.0. The highest BCUT2D eigenvalue weighted by Crippen LogP contribution is 2.67. The number of allylic oxidation sites excluding steroid dienone is 4. The molecule has 4 saturated carbocycles. The molecule has 6 aliphatic rings. The second-order valence-electron chi connectivity index (χ2n) is 18.5. The molecule has 320 valence electrons. The lowest BCUT2D eigenvalue weighted by molar-refractivity contribution is -0.178. The second-order valence-corrected chi connectivity index (χ2v) is 18.5. The standard InChI is InChI=1S/C45H52FN3O11/c1-23-19-48(15-14-47(23)21-34-24(2)59-42(55)60-34)38-32(46)17-29-37(40(38)57-5)49(26-7-8-26)20-30(39(29)53)41(54)58-22-35(52)45(56)13-11-31-28-9-6-25-16-27(50)10-12-43(25,3)36(28)33(51)18-44(31,45)4/h10,12,16-17,20,23,26,28,31,33,36,51,56H,6-9,11,13-15,18-19,21-22H2,1-5H3/t23?,28?,31?,33-,36?,43-,44-,45-/m0/s1. The molecule has 3 aromatic rings. The van der Waals surface area contributed by atoms with E-state index in [9.17, 15) is 34.2 Å². The Balaban J connectivity index is 0.950. The van der Waals surface area contributed by atoms with Crippen LogP contribution in [-0.4, -0.2) is 88.3 Å². The van der Waals surface area contributed by atoms with Crippen LogP contribution in [0.1, 0.15) is 93.6 Å². The van der Waals surface area contributed by atoms with Crippen LogP contribution in [0.5, 0.6) is 5.75 Å². The van der Waals surface area contributed by atoms with E-state index in [-0.39, 0.29) is 70.8 Å². The zero-order valence-electron chi connectivity index (χ0n) is 34.6. The monoisotopic (exact) mass is 829 g/mol. The SMILES string of the molecule is COc1c(N2CCN(Cc3oc(=O)oc3C)C(C)C2)c(F)cc2c(=O)c(C(=O)OCC(=O)[C@@]3(O)CCC4C5CCC6=CC(=O)C=C[C@]6(C)C5[C@@H](O)C[C@@]43C)cn(C3CC3)c12. The van der Waals surface area contributed by atoms with Crippen LogP contribution in [0.25, 0.3) is 10.9 Å². The maximum absolute atomic E-state index is 16.4. The Morgan fingerprint density at radius 2 is 1.85 bits per heavy atom. The van der Waals surface area contributed by atoms with E-state index in [1.807, 2.05) is 24.8 Å². The van der Waals surface area contributed by atoms with E-state index in [1.165, 1.54) is 13.3 Å². The number of aliphatic hydroxyl groups excluding tert-OH is 1. The number of pyridine rings is 1. The van der Waals surface area contributed by atoms with E-state index in [4.69, 9.17) is 18.3 Å². The average molecular weight is 830 g/mol. The summed E-state index contributed by atoms with van der Waals surface area (Å²) in [6.45, 7) is 8.41. The van der Waals surface area contributed by atoms with Gasteiger partial charge in [-0.05, 0) is 88.8 Å². The third kappa shape index (κ3) is 6.16. The Labute approximate surface area is 345 Å². The van der Waals surface area contributed by atoms with Crippen molar-refractivity contribution in [1.82, 2.24) is 9.47 Å². The third-order valence-electron chi connectivity index (χ3n) is 15.3. The van der Waals surface area contributed by atoms with E-state index >= 15 is 4.39 Å². The van der Waals surface area contributed by atoms with E-state index in [0.717, 1.165) is 30.9 Å². The highest BCUT2D eigenvalue weighted by Gasteiger charge is 2.68. The largest absolute Gasteiger partial charge is 0.519 e. The molecule has 1 aliphatic heterocycles. The van der Waals surface area contributed by atoms with E-state index in [0.29, 0.717) is 56.1 Å². The highest BCUT2D eigenvalue weighted by atomic mass is 19.1. The molecule has 2 aromatic heterocycles. The van der Waals surface area contributed by atoms with Crippen LogP contribution in [0.4, 0.5) is 10.1 Å². The number of ketones is 2. The molecule has 60 heavy (non-hydrogen) atoms. The van der Waals surface area contributed by atoms with Crippen molar-refractivity contribution in [3.63, 3.8) is 0 Å². The first-order valence-corrected chi connectivity index (χ1v) is 21.1. The lowest BCUT2D eigenvalue weighted by Gasteiger charge is -2.59. The van der Waals surface area contributed by atoms with Crippen LogP contribution in [0.2, 0.25) is 0 Å². The number of carbonyl (C=O) groups is 3. The van der Waals surface area contributed by atoms with Gasteiger partial charge >= 0.3 is 11.8 Å². The summed E-state index contributed by atoms with van der Waals surface area (Å²) >= 11 is 0. The number of esters is 1. The van der Waals surface area contributed by atoms with Gasteiger partial charge in [-0.25, -0.2) is 14.0 Å². The van der Waals surface area contributed by atoms with Crippen LogP contribution >= 0.6 is 0 Å². The summed E-state index contributed by atoms with van der Waals surface area (Å²) in [6, 6.07) is 0.947. The van der Waals surface area contributed by atoms with Gasteiger partial charge in [0, 0.05) is 54.7 Å². The highest BCUT2D eigenvalue weighted by molar-refractivity contribution is 6.01. The fourth-order valence-electron chi connectivity index (χ4n) is 12.0. The molecule has 0 bridgehead atoms. The number of hydrogen-bond acceptors (Lipinski definition) is 13. The first kappa shape index (κ1) is 40.5. The predicted octanol–water partition coefficient (Wildman–Crippen LogP) is 4.79. The molecule has 0 radical (unpaired) electrons. The molecule has 8 atom stereocenters. The van der Waals surface area contributed by atoms with Gasteiger partial charge in [0.05, 0.1) is 30.7 Å². The van der Waals surface area contributed by atoms with Gasteiger partial charge in [0.15, 0.2) is 29.7 Å². The van der Waals surface area contributed by atoms with E-state index < -0.39 is 58.0 Å². The number of anilines is 1. The van der Waals surface area contributed by atoms with Gasteiger partial charge < -0.3 is 38.0 Å². The molecule has 4 unspecified atom stereocenters. The zero-order valence-corrected chi connectivity index (χ0v) is 34.6. The summed E-state index contributed by atoms with van der Waals surface area (Å²) in [5.74, 6) is -2.56. The Morgan fingerprint density at radius 1 is 1.08 bits per heavy atom. The van der Waals surface area contributed by atoms with Crippen molar-refractivity contribution < 1.29 is 47.3 Å². The van der Waals surface area contributed by atoms with Gasteiger partial charge in [0.2, 0.25) is 11.2 Å². The number of Topliss-reactive ketones (excluding diaryl/α,β-unsaturated/α-hetero) is 1. The number of benzene rings is 1. The number of piperazine rings is 1. The molecule has 0 spiro atoms. The van der Waals surface area contributed by atoms with Gasteiger partial charge in [-0.2, -0.15) is 0 Å². The first-order valence-electron chi connectivity index (χ1n) is 21.1. The number of rotatable bonds is 9. The number of methoxy groups -OCH3 is 1. The predicted molar refractivity (Wildman–Crippen MR) is 215 cm³/mol. The summed E-state index contributed by atoms with van der Waals surface area (Å²) in [5, 5.41) is 23.9. The van der Waals surface area contributed by atoms with Crippen LogP contribution in [-0.2, 0) is 20.9 Å². The average Bonchev–Trinajstić information content (AvgIpc) is 3.94. The number of nitrogens with zero attached hydrogens (tertiary/aromatic N) is 3. The molecule has 1 saturated heterocycles. The quantitative estimate of drug-likeness (QED) is 0.282. The van der Waals surface area contributed by atoms with Gasteiger partial charge in [-0.3, -0.25) is 19.3 Å². The maximum atomic E-state index is 16.4. The van der Waals surface area contributed by atoms with Crippen molar-refractivity contribution in [1.29, 1.82) is 0 Å². The molecule has 1 aromatic carbocycles. The van der Waals surface area contributed by atoms with Crippen molar-refractivity contribution in [3.8, 4) is 5.75 Å². The third-order valence-corrected chi connectivity index (χ3v) is 15.3. The second kappa shape index (κ2) is 14.4. The van der Waals surface area contributed by atoms with Crippen molar-refractivity contribution in [2.75, 3.05) is 38.3 Å². The number of fused-ring (bicyclic) bond motifs is 6. The molecule has 5 aliphatic carbocycles. The number of aryl methyl sites for hydroxylation is 1. The van der Waals surface area contributed by atoms with E-state index in [2.05, 4.69) is 11.8 Å². The molecule has 9 rings (SSSR count). The molecule has 3 heterocycles. The van der Waals surface area contributed by atoms with Crippen molar-refractivity contribution in [2.24, 2.45) is 28.6 Å². The Bertz CT molecular complexity index is 2500. The van der Waals surface area contributed by atoms with Gasteiger partial charge in [0.1, 0.15) is 22.6 Å². The van der Waals surface area contributed by atoms with Crippen LogP contribution in [0, 0.1) is 41.3 Å². The minimum atomic E-state index is -1.89. The first-order chi connectivity index (χ1) is 28.5. The van der Waals surface area contributed by atoms with E-state index in [1.54, 1.807) is 23.6 Å². The molecular formula is C45H52FN3O11. The fraction of sp³-hybridized carbons (Fsp3) is 0.578. The number of ether oxygens (including phenoxy) is 2. The normalized spacial score (nSPS) is 32.7. The van der Waals surface area contributed by atoms with Gasteiger partial charge in [-0.15, -0.1) is 0 Å². The topological polar surface area (TPSA) is 182 Å². The summed E-state index contributed by atoms with van der Waals surface area (Å²) in [5.41, 5.74) is -2.98.